The molecule has 0 spiro atoms. The van der Waals surface area contributed by atoms with E-state index in [2.05, 4.69) is 47.2 Å². The lowest BCUT2D eigenvalue weighted by Crippen LogP contribution is -2.50. The number of hydrogen-bond donors (Lipinski definition) is 2. The van der Waals surface area contributed by atoms with Gasteiger partial charge in [0.1, 0.15) is 0 Å². The lowest BCUT2D eigenvalue weighted by molar-refractivity contribution is -0.117. The van der Waals surface area contributed by atoms with Crippen LogP contribution in [-0.4, -0.2) is 73.0 Å². The molecule has 1 fully saturated rings. The molecular formula is C26H35N3O4. The van der Waals surface area contributed by atoms with Gasteiger partial charge in [-0.1, -0.05) is 38.1 Å². The van der Waals surface area contributed by atoms with Crippen molar-refractivity contribution in [2.24, 2.45) is 0 Å². The summed E-state index contributed by atoms with van der Waals surface area (Å²) >= 11 is 0. The van der Waals surface area contributed by atoms with Crippen LogP contribution in [0.3, 0.4) is 0 Å². The summed E-state index contributed by atoms with van der Waals surface area (Å²) in [6, 6.07) is 12.1. The van der Waals surface area contributed by atoms with Gasteiger partial charge in [0.25, 0.3) is 0 Å². The Morgan fingerprint density at radius 3 is 2.36 bits per heavy atom. The molecule has 0 radical (unpaired) electrons. The number of para-hydroxylation sites is 1. The summed E-state index contributed by atoms with van der Waals surface area (Å²) < 4.78 is 10.8. The molecule has 1 atom stereocenters. The van der Waals surface area contributed by atoms with Crippen LogP contribution in [0.15, 0.2) is 36.4 Å². The Bertz CT molecular complexity index is 934. The highest BCUT2D eigenvalue weighted by molar-refractivity contribution is 5.93. The van der Waals surface area contributed by atoms with Crippen molar-refractivity contribution in [3.63, 3.8) is 0 Å². The van der Waals surface area contributed by atoms with E-state index in [-0.39, 0.29) is 12.7 Å². The summed E-state index contributed by atoms with van der Waals surface area (Å²) in [6.45, 7) is 8.84. The topological polar surface area (TPSA) is 74.3 Å². The number of carbonyl (C=O) groups is 1. The first kappa shape index (κ1) is 23.5. The number of nitrogens with one attached hydrogen (secondary N) is 1. The van der Waals surface area contributed by atoms with Crippen LogP contribution in [0.2, 0.25) is 0 Å². The van der Waals surface area contributed by atoms with Crippen molar-refractivity contribution in [3.05, 3.63) is 53.1 Å². The minimum Gasteiger partial charge on any atom is -0.454 e. The van der Waals surface area contributed by atoms with E-state index in [0.717, 1.165) is 61.8 Å². The Morgan fingerprint density at radius 2 is 1.67 bits per heavy atom. The number of carbonyl (C=O) groups excluding carboxylic acids is 1. The van der Waals surface area contributed by atoms with Crippen LogP contribution in [0, 0.1) is 0 Å². The second-order valence-corrected chi connectivity index (χ2v) is 8.83. The van der Waals surface area contributed by atoms with E-state index in [9.17, 15) is 9.90 Å². The highest BCUT2D eigenvalue weighted by atomic mass is 16.7. The predicted molar refractivity (Wildman–Crippen MR) is 129 cm³/mol. The maximum atomic E-state index is 12.7. The second-order valence-electron chi connectivity index (χ2n) is 8.83. The zero-order chi connectivity index (χ0) is 23.2. The van der Waals surface area contributed by atoms with Gasteiger partial charge in [0.2, 0.25) is 12.7 Å². The normalized spacial score (nSPS) is 17.2. The second kappa shape index (κ2) is 11.0. The van der Waals surface area contributed by atoms with Crippen LogP contribution in [0.4, 0.5) is 5.69 Å². The minimum absolute atomic E-state index is 0.0434. The zero-order valence-corrected chi connectivity index (χ0v) is 19.7. The molecule has 33 heavy (non-hydrogen) atoms. The van der Waals surface area contributed by atoms with Crippen LogP contribution >= 0.6 is 0 Å². The Kier molecular flexibility index (Phi) is 7.85. The van der Waals surface area contributed by atoms with Crippen molar-refractivity contribution >= 4 is 11.6 Å². The van der Waals surface area contributed by atoms with E-state index in [4.69, 9.17) is 9.47 Å². The Morgan fingerprint density at radius 1 is 1.00 bits per heavy atom. The van der Waals surface area contributed by atoms with Crippen molar-refractivity contribution in [2.75, 3.05) is 51.4 Å². The van der Waals surface area contributed by atoms with Crippen LogP contribution in [-0.2, 0) is 24.1 Å². The molecule has 2 heterocycles. The Balaban J connectivity index is 1.22. The van der Waals surface area contributed by atoms with Crippen molar-refractivity contribution < 1.29 is 19.4 Å². The first-order chi connectivity index (χ1) is 16.1. The molecular weight excluding hydrogens is 418 g/mol. The molecule has 1 unspecified atom stereocenters. The van der Waals surface area contributed by atoms with E-state index in [1.54, 1.807) is 0 Å². The number of aryl methyl sites for hydroxylation is 2. The van der Waals surface area contributed by atoms with E-state index >= 15 is 0 Å². The Hall–Kier alpha value is -2.61. The molecule has 2 aromatic carbocycles. The lowest BCUT2D eigenvalue weighted by Gasteiger charge is -2.35. The van der Waals surface area contributed by atoms with Crippen LogP contribution in [0.1, 0.15) is 30.5 Å². The quantitative estimate of drug-likeness (QED) is 0.608. The van der Waals surface area contributed by atoms with Crippen LogP contribution in [0.25, 0.3) is 0 Å². The van der Waals surface area contributed by atoms with Gasteiger partial charge in [-0.25, -0.2) is 0 Å². The molecule has 0 aromatic heterocycles. The molecule has 0 aliphatic carbocycles. The molecule has 178 valence electrons. The number of β-amino-alcohol motifs (C(OH)–C–C–N with tert-alkyl or cyclic N) is 1. The number of aliphatic hydroxyl groups is 1. The van der Waals surface area contributed by atoms with Gasteiger partial charge < -0.3 is 19.9 Å². The molecule has 1 amide bonds. The third-order valence-corrected chi connectivity index (χ3v) is 6.47. The van der Waals surface area contributed by atoms with Crippen LogP contribution < -0.4 is 14.8 Å². The van der Waals surface area contributed by atoms with Crippen molar-refractivity contribution in [3.8, 4) is 11.5 Å². The fraction of sp³-hybridized carbons (Fsp3) is 0.500. The number of ether oxygens (including phenoxy) is 2. The smallest absolute Gasteiger partial charge is 0.238 e. The SMILES string of the molecule is CCc1cccc(CC)c1NC(=O)CN1CCN(CC(O)Cc2ccc3c(c2)OCO3)CC1. The first-order valence-electron chi connectivity index (χ1n) is 12.0. The number of piperazine rings is 1. The summed E-state index contributed by atoms with van der Waals surface area (Å²) in [4.78, 5) is 17.2. The number of aliphatic hydroxyl groups excluding tert-OH is 1. The molecule has 2 N–H and O–H groups in total. The zero-order valence-electron chi connectivity index (χ0n) is 19.7. The highest BCUT2D eigenvalue weighted by Gasteiger charge is 2.22. The molecule has 2 aromatic rings. The summed E-state index contributed by atoms with van der Waals surface area (Å²) in [5.41, 5.74) is 4.39. The van der Waals surface area contributed by atoms with Gasteiger partial charge in [0.05, 0.1) is 12.6 Å². The summed E-state index contributed by atoms with van der Waals surface area (Å²) in [5.74, 6) is 1.55. The van der Waals surface area contributed by atoms with Gasteiger partial charge >= 0.3 is 0 Å². The number of rotatable bonds is 9. The van der Waals surface area contributed by atoms with Gasteiger partial charge in [-0.3, -0.25) is 14.6 Å². The highest BCUT2D eigenvalue weighted by Crippen LogP contribution is 2.32. The molecule has 0 saturated carbocycles. The van der Waals surface area contributed by atoms with Crippen LogP contribution in [0.5, 0.6) is 11.5 Å². The number of amides is 1. The fourth-order valence-electron chi connectivity index (χ4n) is 4.62. The average molecular weight is 454 g/mol. The number of nitrogens with zero attached hydrogens (tertiary/aromatic N) is 2. The van der Waals surface area contributed by atoms with E-state index in [1.807, 2.05) is 18.2 Å². The number of hydrogen-bond acceptors (Lipinski definition) is 6. The summed E-state index contributed by atoms with van der Waals surface area (Å²) in [5, 5.41) is 13.7. The van der Waals surface area contributed by atoms with Crippen molar-refractivity contribution in [1.29, 1.82) is 0 Å². The fourth-order valence-corrected chi connectivity index (χ4v) is 4.62. The van der Waals surface area contributed by atoms with E-state index in [0.29, 0.717) is 19.5 Å². The molecule has 2 aliphatic heterocycles. The maximum Gasteiger partial charge on any atom is 0.238 e. The molecule has 2 aliphatic rings. The molecule has 1 saturated heterocycles. The standard InChI is InChI=1S/C26H35N3O4/c1-3-20-6-5-7-21(4-2)26(20)27-25(31)17-29-12-10-28(11-13-29)16-22(30)14-19-8-9-23-24(15-19)33-18-32-23/h5-9,15,22,30H,3-4,10-14,16-18H2,1-2H3,(H,27,31). The van der Waals surface area contributed by atoms with Gasteiger partial charge in [-0.2, -0.15) is 0 Å². The average Bonchev–Trinajstić information content (AvgIpc) is 3.28. The van der Waals surface area contributed by atoms with Gasteiger partial charge in [0, 0.05) is 38.4 Å². The van der Waals surface area contributed by atoms with Gasteiger partial charge in [-0.15, -0.1) is 0 Å². The minimum atomic E-state index is -0.446. The summed E-state index contributed by atoms with van der Waals surface area (Å²) in [6.07, 6.45) is 1.93. The molecule has 7 heteroatoms. The number of anilines is 1. The van der Waals surface area contributed by atoms with E-state index < -0.39 is 6.10 Å². The first-order valence-corrected chi connectivity index (χ1v) is 12.0. The number of fused-ring (bicyclic) bond motifs is 1. The monoisotopic (exact) mass is 453 g/mol. The third kappa shape index (κ3) is 6.05. The van der Waals surface area contributed by atoms with Gasteiger partial charge in [0.15, 0.2) is 11.5 Å². The van der Waals surface area contributed by atoms with E-state index in [1.165, 1.54) is 11.1 Å². The largest absolute Gasteiger partial charge is 0.454 e. The molecule has 0 bridgehead atoms. The summed E-state index contributed by atoms with van der Waals surface area (Å²) in [7, 11) is 0. The molecule has 7 nitrogen and oxygen atoms in total. The van der Waals surface area contributed by atoms with Gasteiger partial charge in [-0.05, 0) is 48.1 Å². The molecule has 4 rings (SSSR count). The Labute approximate surface area is 196 Å². The predicted octanol–water partition coefficient (Wildman–Crippen LogP) is 2.70. The lowest BCUT2D eigenvalue weighted by atomic mass is 10.0. The van der Waals surface area contributed by atoms with Crippen molar-refractivity contribution in [2.45, 2.75) is 39.2 Å². The van der Waals surface area contributed by atoms with Crippen molar-refractivity contribution in [1.82, 2.24) is 9.80 Å². The maximum absolute atomic E-state index is 12.7. The number of benzene rings is 2. The third-order valence-electron chi connectivity index (χ3n) is 6.47.